The summed E-state index contributed by atoms with van der Waals surface area (Å²) in [6.07, 6.45) is 2.47. The first-order valence-electron chi connectivity index (χ1n) is 6.75. The van der Waals surface area contributed by atoms with Crippen LogP contribution in [-0.4, -0.2) is 21.3 Å². The van der Waals surface area contributed by atoms with Gasteiger partial charge in [-0.05, 0) is 37.3 Å². The van der Waals surface area contributed by atoms with Gasteiger partial charge in [0, 0.05) is 5.92 Å². The average Bonchev–Trinajstić information content (AvgIpc) is 3.16. The van der Waals surface area contributed by atoms with Crippen LogP contribution in [-0.2, 0) is 11.2 Å². The van der Waals surface area contributed by atoms with Crippen LogP contribution in [0.25, 0.3) is 0 Å². The van der Waals surface area contributed by atoms with Crippen molar-refractivity contribution in [2.75, 3.05) is 0 Å². The molecule has 20 heavy (non-hydrogen) atoms. The quantitative estimate of drug-likeness (QED) is 0.905. The molecular formula is C15H16N2O3. The number of carbonyl (C=O) groups is 1. The summed E-state index contributed by atoms with van der Waals surface area (Å²) in [5.41, 5.74) is 2.06. The third kappa shape index (κ3) is 2.57. The molecule has 3 rings (SSSR count). The van der Waals surface area contributed by atoms with Crippen LogP contribution < -0.4 is 0 Å². The molecule has 1 atom stereocenters. The van der Waals surface area contributed by atoms with Crippen molar-refractivity contribution in [3.8, 4) is 0 Å². The van der Waals surface area contributed by atoms with E-state index < -0.39 is 11.9 Å². The van der Waals surface area contributed by atoms with Crippen LogP contribution in [0.3, 0.4) is 0 Å². The minimum atomic E-state index is -0.931. The summed E-state index contributed by atoms with van der Waals surface area (Å²) in [7, 11) is 0. The molecule has 5 nitrogen and oxygen atoms in total. The summed E-state index contributed by atoms with van der Waals surface area (Å²) in [5, 5.41) is 17.3. The normalized spacial score (nSPS) is 16.1. The second-order valence-electron chi connectivity index (χ2n) is 5.27. The van der Waals surface area contributed by atoms with Crippen LogP contribution in [0.15, 0.2) is 28.7 Å². The highest BCUT2D eigenvalue weighted by Crippen LogP contribution is 2.39. The average molecular weight is 272 g/mol. The Morgan fingerprint density at radius 2 is 2.15 bits per heavy atom. The maximum Gasteiger partial charge on any atom is 0.316 e. The molecule has 0 bridgehead atoms. The molecule has 0 spiro atoms. The van der Waals surface area contributed by atoms with Gasteiger partial charge in [0.15, 0.2) is 0 Å². The van der Waals surface area contributed by atoms with Crippen molar-refractivity contribution in [2.24, 2.45) is 0 Å². The van der Waals surface area contributed by atoms with Crippen LogP contribution in [0, 0.1) is 6.92 Å². The third-order valence-corrected chi connectivity index (χ3v) is 3.66. The van der Waals surface area contributed by atoms with E-state index in [-0.39, 0.29) is 5.89 Å². The number of aryl methyl sites for hydroxylation is 1. The molecule has 0 saturated heterocycles. The van der Waals surface area contributed by atoms with E-state index in [9.17, 15) is 9.90 Å². The first-order chi connectivity index (χ1) is 9.65. The highest BCUT2D eigenvalue weighted by molar-refractivity contribution is 5.75. The Morgan fingerprint density at radius 3 is 2.80 bits per heavy atom. The summed E-state index contributed by atoms with van der Waals surface area (Å²) in [5.74, 6) is -0.585. The molecule has 1 heterocycles. The molecule has 2 aromatic rings. The molecule has 1 N–H and O–H groups in total. The first-order valence-corrected chi connectivity index (χ1v) is 6.75. The number of carboxylic acid groups (broad SMARTS) is 1. The number of nitrogens with zero attached hydrogens (tertiary/aromatic N) is 2. The fraction of sp³-hybridized carbons (Fsp3) is 0.400. The Bertz CT molecular complexity index is 632. The van der Waals surface area contributed by atoms with Crippen LogP contribution in [0.1, 0.15) is 47.6 Å². The van der Waals surface area contributed by atoms with Gasteiger partial charge in [-0.1, -0.05) is 24.3 Å². The van der Waals surface area contributed by atoms with Crippen molar-refractivity contribution in [2.45, 2.75) is 38.0 Å². The van der Waals surface area contributed by atoms with Gasteiger partial charge in [0.05, 0.1) is 0 Å². The van der Waals surface area contributed by atoms with Crippen LogP contribution >= 0.6 is 0 Å². The molecule has 1 unspecified atom stereocenters. The number of hydrogen-bond acceptors (Lipinski definition) is 4. The fourth-order valence-electron chi connectivity index (χ4n) is 2.22. The highest BCUT2D eigenvalue weighted by Gasteiger charge is 2.32. The number of aliphatic carboxylic acids is 1. The number of aromatic nitrogens is 2. The summed E-state index contributed by atoms with van der Waals surface area (Å²) in [6, 6.07) is 7.75. The van der Waals surface area contributed by atoms with E-state index in [1.54, 1.807) is 0 Å². The van der Waals surface area contributed by atoms with E-state index in [2.05, 4.69) is 10.2 Å². The number of carboxylic acids is 1. The lowest BCUT2D eigenvalue weighted by Crippen LogP contribution is -2.15. The summed E-state index contributed by atoms with van der Waals surface area (Å²) in [4.78, 5) is 11.5. The summed E-state index contributed by atoms with van der Waals surface area (Å²) in [6.45, 7) is 1.97. The van der Waals surface area contributed by atoms with Gasteiger partial charge in [-0.2, -0.15) is 0 Å². The first kappa shape index (κ1) is 12.8. The van der Waals surface area contributed by atoms with E-state index in [1.165, 1.54) is 0 Å². The largest absolute Gasteiger partial charge is 0.481 e. The lowest BCUT2D eigenvalue weighted by molar-refractivity contribution is -0.139. The zero-order valence-electron chi connectivity index (χ0n) is 11.2. The second-order valence-corrected chi connectivity index (χ2v) is 5.27. The van der Waals surface area contributed by atoms with Crippen LogP contribution in [0.5, 0.6) is 0 Å². The fourth-order valence-corrected chi connectivity index (χ4v) is 2.22. The van der Waals surface area contributed by atoms with Crippen molar-refractivity contribution in [1.82, 2.24) is 10.2 Å². The predicted molar refractivity (Wildman–Crippen MR) is 71.5 cm³/mol. The maximum atomic E-state index is 11.5. The van der Waals surface area contributed by atoms with E-state index in [0.717, 1.165) is 24.0 Å². The molecule has 0 aliphatic heterocycles. The Morgan fingerprint density at radius 1 is 1.40 bits per heavy atom. The van der Waals surface area contributed by atoms with Crippen LogP contribution in [0.2, 0.25) is 0 Å². The number of rotatable bonds is 5. The highest BCUT2D eigenvalue weighted by atomic mass is 16.4. The standard InChI is InChI=1S/C15H16N2O3/c1-9-4-2-3-5-11(9)8-12(15(18)19)14-17-16-13(20-14)10-6-7-10/h2-5,10,12H,6-8H2,1H3,(H,18,19). The Balaban J connectivity index is 1.84. The Hall–Kier alpha value is -2.17. The summed E-state index contributed by atoms with van der Waals surface area (Å²) >= 11 is 0. The van der Waals surface area contributed by atoms with Gasteiger partial charge in [0.1, 0.15) is 5.92 Å². The zero-order chi connectivity index (χ0) is 14.1. The van der Waals surface area contributed by atoms with Gasteiger partial charge in [-0.3, -0.25) is 4.79 Å². The molecular weight excluding hydrogens is 256 g/mol. The molecule has 5 heteroatoms. The number of hydrogen-bond donors (Lipinski definition) is 1. The van der Waals surface area contributed by atoms with Gasteiger partial charge in [-0.25, -0.2) is 0 Å². The van der Waals surface area contributed by atoms with Crippen LogP contribution in [0.4, 0.5) is 0 Å². The van der Waals surface area contributed by atoms with E-state index in [4.69, 9.17) is 4.42 Å². The minimum absolute atomic E-state index is 0.211. The molecule has 1 aliphatic carbocycles. The lowest BCUT2D eigenvalue weighted by atomic mass is 9.96. The predicted octanol–water partition coefficient (Wildman–Crippen LogP) is 2.67. The molecule has 0 radical (unpaired) electrons. The van der Waals surface area contributed by atoms with E-state index >= 15 is 0 Å². The smallest absolute Gasteiger partial charge is 0.316 e. The van der Waals surface area contributed by atoms with Crippen molar-refractivity contribution in [1.29, 1.82) is 0 Å². The van der Waals surface area contributed by atoms with Crippen molar-refractivity contribution >= 4 is 5.97 Å². The third-order valence-electron chi connectivity index (χ3n) is 3.66. The van der Waals surface area contributed by atoms with E-state index in [1.807, 2.05) is 31.2 Å². The van der Waals surface area contributed by atoms with Gasteiger partial charge in [0.25, 0.3) is 0 Å². The monoisotopic (exact) mass is 272 g/mol. The van der Waals surface area contributed by atoms with E-state index in [0.29, 0.717) is 18.2 Å². The zero-order valence-corrected chi connectivity index (χ0v) is 11.2. The van der Waals surface area contributed by atoms with Gasteiger partial charge < -0.3 is 9.52 Å². The maximum absolute atomic E-state index is 11.5. The minimum Gasteiger partial charge on any atom is -0.481 e. The molecule has 104 valence electrons. The van der Waals surface area contributed by atoms with Gasteiger partial charge in [0.2, 0.25) is 11.8 Å². The molecule has 1 fully saturated rings. The molecule has 1 aliphatic rings. The van der Waals surface area contributed by atoms with Crippen molar-refractivity contribution in [3.63, 3.8) is 0 Å². The topological polar surface area (TPSA) is 76.2 Å². The SMILES string of the molecule is Cc1ccccc1CC(C(=O)O)c1nnc(C2CC2)o1. The van der Waals surface area contributed by atoms with Gasteiger partial charge in [-0.15, -0.1) is 10.2 Å². The Labute approximate surface area is 116 Å². The molecule has 1 aromatic carbocycles. The molecule has 1 aromatic heterocycles. The molecule has 1 saturated carbocycles. The molecule has 0 amide bonds. The van der Waals surface area contributed by atoms with Crippen molar-refractivity contribution < 1.29 is 14.3 Å². The Kier molecular flexibility index (Phi) is 3.26. The summed E-state index contributed by atoms with van der Waals surface area (Å²) < 4.78 is 5.54. The van der Waals surface area contributed by atoms with Gasteiger partial charge >= 0.3 is 5.97 Å². The lowest BCUT2D eigenvalue weighted by Gasteiger charge is -2.10. The second kappa shape index (κ2) is 5.07. The number of benzene rings is 1. The van der Waals surface area contributed by atoms with Crippen molar-refractivity contribution in [3.05, 3.63) is 47.2 Å².